The Morgan fingerprint density at radius 3 is 2.41 bits per heavy atom. The van der Waals surface area contributed by atoms with Crippen molar-refractivity contribution in [2.75, 3.05) is 19.4 Å². The van der Waals surface area contributed by atoms with E-state index in [0.717, 1.165) is 17.7 Å². The molecule has 1 aromatic carbocycles. The first-order valence-corrected chi connectivity index (χ1v) is 5.75. The van der Waals surface area contributed by atoms with E-state index in [9.17, 15) is 4.79 Å². The monoisotopic (exact) mass is 251 g/mol. The van der Waals surface area contributed by atoms with Crippen LogP contribution >= 0.6 is 12.2 Å². The lowest BCUT2D eigenvalue weighted by Gasteiger charge is -2.10. The lowest BCUT2D eigenvalue weighted by atomic mass is 10.1. The summed E-state index contributed by atoms with van der Waals surface area (Å²) in [5.74, 6) is 0.135. The molecular weight excluding hydrogens is 234 g/mol. The SMILES string of the molecule is CN(C)C(=O)CCc1ccc(NC(N)=S)cc1. The Balaban J connectivity index is 2.51. The Morgan fingerprint density at radius 1 is 1.35 bits per heavy atom. The number of aryl methyl sites for hydroxylation is 1. The summed E-state index contributed by atoms with van der Waals surface area (Å²) in [4.78, 5) is 13.0. The van der Waals surface area contributed by atoms with Gasteiger partial charge in [0.25, 0.3) is 0 Å². The maximum Gasteiger partial charge on any atom is 0.222 e. The van der Waals surface area contributed by atoms with Gasteiger partial charge in [-0.15, -0.1) is 0 Å². The van der Waals surface area contributed by atoms with Crippen molar-refractivity contribution in [3.63, 3.8) is 0 Å². The number of nitrogens with two attached hydrogens (primary N) is 1. The second-order valence-electron chi connectivity index (χ2n) is 3.97. The molecule has 0 fully saturated rings. The second kappa shape index (κ2) is 6.20. The summed E-state index contributed by atoms with van der Waals surface area (Å²) >= 11 is 4.74. The van der Waals surface area contributed by atoms with Crippen LogP contribution < -0.4 is 11.1 Å². The highest BCUT2D eigenvalue weighted by Gasteiger charge is 2.04. The molecule has 0 saturated heterocycles. The fourth-order valence-electron chi connectivity index (χ4n) is 1.37. The molecule has 0 bridgehead atoms. The van der Waals surface area contributed by atoms with Crippen LogP contribution in [0.25, 0.3) is 0 Å². The third-order valence-corrected chi connectivity index (χ3v) is 2.45. The molecule has 0 aromatic heterocycles. The van der Waals surface area contributed by atoms with E-state index in [0.29, 0.717) is 6.42 Å². The Hall–Kier alpha value is -1.62. The minimum absolute atomic E-state index is 0.135. The molecule has 3 N–H and O–H groups in total. The van der Waals surface area contributed by atoms with Crippen molar-refractivity contribution in [2.45, 2.75) is 12.8 Å². The third kappa shape index (κ3) is 4.82. The van der Waals surface area contributed by atoms with E-state index in [1.54, 1.807) is 19.0 Å². The number of rotatable bonds is 4. The summed E-state index contributed by atoms with van der Waals surface area (Å²) in [7, 11) is 3.52. The van der Waals surface area contributed by atoms with Gasteiger partial charge < -0.3 is 16.0 Å². The normalized spacial score (nSPS) is 9.76. The molecule has 0 spiro atoms. The maximum atomic E-state index is 11.4. The van der Waals surface area contributed by atoms with Gasteiger partial charge in [0.1, 0.15) is 0 Å². The second-order valence-corrected chi connectivity index (χ2v) is 4.41. The van der Waals surface area contributed by atoms with E-state index in [1.807, 2.05) is 24.3 Å². The number of hydrogen-bond acceptors (Lipinski definition) is 2. The van der Waals surface area contributed by atoms with Crippen LogP contribution in [-0.2, 0) is 11.2 Å². The molecule has 0 atom stereocenters. The number of nitrogens with zero attached hydrogens (tertiary/aromatic N) is 1. The van der Waals surface area contributed by atoms with Crippen molar-refractivity contribution in [3.05, 3.63) is 29.8 Å². The summed E-state index contributed by atoms with van der Waals surface area (Å²) in [6.07, 6.45) is 1.26. The molecule has 1 amide bonds. The van der Waals surface area contributed by atoms with Gasteiger partial charge >= 0.3 is 0 Å². The number of hydrogen-bond donors (Lipinski definition) is 2. The average Bonchev–Trinajstić information content (AvgIpc) is 2.26. The number of carbonyl (C=O) groups excluding carboxylic acids is 1. The van der Waals surface area contributed by atoms with Gasteiger partial charge in [-0.2, -0.15) is 0 Å². The first-order valence-electron chi connectivity index (χ1n) is 5.34. The number of carbonyl (C=O) groups is 1. The first kappa shape index (κ1) is 13.4. The predicted octanol–water partition coefficient (Wildman–Crippen LogP) is 1.36. The number of nitrogens with one attached hydrogen (secondary N) is 1. The summed E-state index contributed by atoms with van der Waals surface area (Å²) in [5, 5.41) is 3.10. The van der Waals surface area contributed by atoms with Crippen molar-refractivity contribution >= 4 is 28.9 Å². The molecule has 0 aliphatic rings. The van der Waals surface area contributed by atoms with Gasteiger partial charge in [0.05, 0.1) is 0 Å². The van der Waals surface area contributed by atoms with Crippen molar-refractivity contribution in [1.82, 2.24) is 4.90 Å². The summed E-state index contributed by atoms with van der Waals surface area (Å²) in [6, 6.07) is 7.72. The first-order chi connectivity index (χ1) is 7.99. The maximum absolute atomic E-state index is 11.4. The van der Waals surface area contributed by atoms with E-state index in [1.165, 1.54) is 0 Å². The summed E-state index contributed by atoms with van der Waals surface area (Å²) < 4.78 is 0. The summed E-state index contributed by atoms with van der Waals surface area (Å²) in [6.45, 7) is 0. The van der Waals surface area contributed by atoms with Gasteiger partial charge in [-0.05, 0) is 36.3 Å². The van der Waals surface area contributed by atoms with Crippen molar-refractivity contribution in [3.8, 4) is 0 Å². The van der Waals surface area contributed by atoms with Crippen molar-refractivity contribution < 1.29 is 4.79 Å². The molecule has 1 rings (SSSR count). The molecule has 0 aliphatic carbocycles. The van der Waals surface area contributed by atoms with E-state index >= 15 is 0 Å². The minimum atomic E-state index is 0.135. The lowest BCUT2D eigenvalue weighted by molar-refractivity contribution is -0.128. The molecule has 0 aliphatic heterocycles. The molecule has 0 heterocycles. The Kier molecular flexibility index (Phi) is 4.90. The quantitative estimate of drug-likeness (QED) is 0.793. The molecule has 0 unspecified atom stereocenters. The van der Waals surface area contributed by atoms with Crippen LogP contribution in [0, 0.1) is 0 Å². The smallest absolute Gasteiger partial charge is 0.222 e. The molecule has 5 heteroatoms. The number of anilines is 1. The van der Waals surface area contributed by atoms with Gasteiger partial charge in [-0.25, -0.2) is 0 Å². The highest BCUT2D eigenvalue weighted by atomic mass is 32.1. The fourth-order valence-corrected chi connectivity index (χ4v) is 1.49. The van der Waals surface area contributed by atoms with Crippen LogP contribution in [-0.4, -0.2) is 30.0 Å². The number of benzene rings is 1. The van der Waals surface area contributed by atoms with Crippen LogP contribution in [0.4, 0.5) is 5.69 Å². The topological polar surface area (TPSA) is 58.4 Å². The largest absolute Gasteiger partial charge is 0.376 e. The van der Waals surface area contributed by atoms with E-state index in [-0.39, 0.29) is 11.0 Å². The molecule has 92 valence electrons. The standard InChI is InChI=1S/C12H17N3OS/c1-15(2)11(16)8-5-9-3-6-10(7-4-9)14-12(13)17/h3-4,6-7H,5,8H2,1-2H3,(H3,13,14,17). The Bertz CT molecular complexity index is 401. The minimum Gasteiger partial charge on any atom is -0.376 e. The number of thiocarbonyl (C=S) groups is 1. The highest BCUT2D eigenvalue weighted by molar-refractivity contribution is 7.80. The third-order valence-electron chi connectivity index (χ3n) is 2.35. The fraction of sp³-hybridized carbons (Fsp3) is 0.333. The lowest BCUT2D eigenvalue weighted by Crippen LogP contribution is -2.21. The van der Waals surface area contributed by atoms with Crippen LogP contribution in [0.1, 0.15) is 12.0 Å². The predicted molar refractivity (Wildman–Crippen MR) is 73.9 cm³/mol. The Morgan fingerprint density at radius 2 is 1.94 bits per heavy atom. The zero-order valence-electron chi connectivity index (χ0n) is 10.1. The molecular formula is C12H17N3OS. The van der Waals surface area contributed by atoms with Gasteiger partial charge in [0.2, 0.25) is 5.91 Å². The van der Waals surface area contributed by atoms with E-state index in [4.69, 9.17) is 18.0 Å². The molecule has 17 heavy (non-hydrogen) atoms. The molecule has 4 nitrogen and oxygen atoms in total. The van der Waals surface area contributed by atoms with Crippen LogP contribution in [0.3, 0.4) is 0 Å². The van der Waals surface area contributed by atoms with E-state index in [2.05, 4.69) is 5.32 Å². The van der Waals surface area contributed by atoms with Gasteiger partial charge in [0, 0.05) is 26.2 Å². The van der Waals surface area contributed by atoms with Gasteiger partial charge in [-0.1, -0.05) is 12.1 Å². The van der Waals surface area contributed by atoms with Gasteiger partial charge in [-0.3, -0.25) is 4.79 Å². The zero-order chi connectivity index (χ0) is 12.8. The van der Waals surface area contributed by atoms with Crippen molar-refractivity contribution in [1.29, 1.82) is 0 Å². The van der Waals surface area contributed by atoms with Crippen molar-refractivity contribution in [2.24, 2.45) is 5.73 Å². The van der Waals surface area contributed by atoms with Crippen LogP contribution in [0.5, 0.6) is 0 Å². The molecule has 1 aromatic rings. The van der Waals surface area contributed by atoms with E-state index < -0.39 is 0 Å². The van der Waals surface area contributed by atoms with Gasteiger partial charge in [0.15, 0.2) is 5.11 Å². The van der Waals surface area contributed by atoms with Crippen LogP contribution in [0.2, 0.25) is 0 Å². The summed E-state index contributed by atoms with van der Waals surface area (Å²) in [5.41, 5.74) is 7.34. The van der Waals surface area contributed by atoms with Crippen LogP contribution in [0.15, 0.2) is 24.3 Å². The average molecular weight is 251 g/mol. The molecule has 0 saturated carbocycles. The highest BCUT2D eigenvalue weighted by Crippen LogP contribution is 2.11. The number of amides is 1. The molecule has 0 radical (unpaired) electrons. The Labute approximate surface area is 107 Å². The zero-order valence-corrected chi connectivity index (χ0v) is 10.9.